The van der Waals surface area contributed by atoms with Crippen LogP contribution in [0.25, 0.3) is 0 Å². The van der Waals surface area contributed by atoms with Crippen molar-refractivity contribution < 1.29 is 14.3 Å². The van der Waals surface area contributed by atoms with Crippen molar-refractivity contribution in [1.29, 1.82) is 0 Å². The second-order valence-corrected chi connectivity index (χ2v) is 11.8. The molecule has 238 valence electrons. The van der Waals surface area contributed by atoms with Gasteiger partial charge in [0.05, 0.1) is 17.9 Å². The number of benzene rings is 3. The highest BCUT2D eigenvalue weighted by atomic mass is 16.5. The number of anilines is 5. The van der Waals surface area contributed by atoms with Gasteiger partial charge in [-0.2, -0.15) is 0 Å². The molecule has 3 aromatic carbocycles. The minimum Gasteiger partial charge on any atom is -0.484 e. The first kappa shape index (κ1) is 30.8. The molecule has 4 N–H and O–H groups in total. The summed E-state index contributed by atoms with van der Waals surface area (Å²) in [5.74, 6) is 0.399. The summed E-state index contributed by atoms with van der Waals surface area (Å²) in [6.45, 7) is 6.36. The van der Waals surface area contributed by atoms with Crippen LogP contribution in [0.2, 0.25) is 0 Å². The van der Waals surface area contributed by atoms with Crippen LogP contribution in [-0.4, -0.2) is 51.1 Å². The molecule has 0 spiro atoms. The summed E-state index contributed by atoms with van der Waals surface area (Å²) in [6, 6.07) is 20.4. The first-order valence-corrected chi connectivity index (χ1v) is 16.1. The van der Waals surface area contributed by atoms with Gasteiger partial charge in [0.15, 0.2) is 6.61 Å². The molecular weight excluding hydrogens is 576 g/mol. The molecule has 1 saturated heterocycles. The van der Waals surface area contributed by atoms with Gasteiger partial charge < -0.3 is 35.8 Å². The fraction of sp³-hybridized carbons (Fsp3) is 0.297. The lowest BCUT2D eigenvalue weighted by Gasteiger charge is -2.29. The van der Waals surface area contributed by atoms with E-state index in [4.69, 9.17) is 4.74 Å². The maximum Gasteiger partial charge on any atom is 0.258 e. The largest absolute Gasteiger partial charge is 0.484 e. The molecule has 3 heterocycles. The number of amides is 2. The zero-order valence-electron chi connectivity index (χ0n) is 26.4. The van der Waals surface area contributed by atoms with Gasteiger partial charge >= 0.3 is 0 Å². The maximum absolute atomic E-state index is 13.4. The molecule has 0 saturated carbocycles. The molecule has 0 unspecified atom stereocenters. The minimum absolute atomic E-state index is 0.0297. The predicted molar refractivity (Wildman–Crippen MR) is 187 cm³/mol. The van der Waals surface area contributed by atoms with E-state index in [0.29, 0.717) is 31.9 Å². The summed E-state index contributed by atoms with van der Waals surface area (Å²) in [7, 11) is 0. The van der Waals surface area contributed by atoms with E-state index in [-0.39, 0.29) is 18.4 Å². The number of rotatable bonds is 9. The molecule has 3 aromatic rings. The summed E-state index contributed by atoms with van der Waals surface area (Å²) in [5, 5.41) is 13.0. The highest BCUT2D eigenvalue weighted by Crippen LogP contribution is 2.35. The fourth-order valence-electron chi connectivity index (χ4n) is 5.97. The number of hydrogen-bond donors (Lipinski definition) is 4. The third-order valence-corrected chi connectivity index (χ3v) is 8.39. The number of allylic oxidation sites excluding steroid dienone is 3. The molecule has 0 radical (unpaired) electrons. The van der Waals surface area contributed by atoms with E-state index < -0.39 is 0 Å². The first-order chi connectivity index (χ1) is 22.5. The smallest absolute Gasteiger partial charge is 0.258 e. The van der Waals surface area contributed by atoms with Crippen molar-refractivity contribution >= 4 is 40.3 Å². The topological polar surface area (TPSA) is 98.0 Å². The van der Waals surface area contributed by atoms with Gasteiger partial charge in [0.25, 0.3) is 11.8 Å². The SMILES string of the molecule is Cc1cccc(NCCNC(=O)COC2=C/C=C/CNc3cc(N4Cc5cc(N6CCCCC6)ccc5C4=O)ccc3N/C=C\2)c1. The minimum atomic E-state index is -0.188. The molecule has 3 aliphatic heterocycles. The number of carbonyl (C=O) groups excluding carboxylic acids is 2. The summed E-state index contributed by atoms with van der Waals surface area (Å²) < 4.78 is 5.80. The molecule has 1 fully saturated rings. The van der Waals surface area contributed by atoms with E-state index in [9.17, 15) is 9.59 Å². The standard InChI is InChI=1S/C37H42N6O3/c1-27-8-7-9-29(22-27)38-18-19-41-36(44)26-46-32-10-3-4-16-39-35-24-31(12-14-34(35)40-17-15-32)43-25-28-23-30(11-13-33(28)37(43)45)42-20-5-2-6-21-42/h3-4,7-15,17,22-24,38-40H,2,5-6,16,18-21,25-26H2,1H3,(H,41,44)/b4-3+,17-15-,32-10+. The number of piperidine rings is 1. The Balaban J connectivity index is 1.03. The van der Waals surface area contributed by atoms with Gasteiger partial charge in [-0.3, -0.25) is 9.59 Å². The number of carbonyl (C=O) groups is 2. The van der Waals surface area contributed by atoms with Crippen LogP contribution in [-0.2, 0) is 16.1 Å². The van der Waals surface area contributed by atoms with Crippen molar-refractivity contribution in [3.8, 4) is 0 Å². The van der Waals surface area contributed by atoms with Gasteiger partial charge in [-0.25, -0.2) is 0 Å². The van der Waals surface area contributed by atoms with Crippen LogP contribution >= 0.6 is 0 Å². The molecule has 0 bridgehead atoms. The third-order valence-electron chi connectivity index (χ3n) is 8.39. The van der Waals surface area contributed by atoms with Crippen LogP contribution in [0.1, 0.15) is 40.7 Å². The van der Waals surface area contributed by atoms with Crippen LogP contribution in [0.4, 0.5) is 28.4 Å². The maximum atomic E-state index is 13.4. The number of nitrogens with zero attached hydrogens (tertiary/aromatic N) is 2. The van der Waals surface area contributed by atoms with E-state index in [1.165, 1.54) is 30.5 Å². The van der Waals surface area contributed by atoms with E-state index in [0.717, 1.165) is 47.0 Å². The number of nitrogens with one attached hydrogen (secondary N) is 4. The predicted octanol–water partition coefficient (Wildman–Crippen LogP) is 6.18. The Morgan fingerprint density at radius 1 is 0.957 bits per heavy atom. The lowest BCUT2D eigenvalue weighted by atomic mass is 10.1. The summed E-state index contributed by atoms with van der Waals surface area (Å²) >= 11 is 0. The van der Waals surface area contributed by atoms with Crippen molar-refractivity contribution in [2.75, 3.05) is 65.1 Å². The molecule has 46 heavy (non-hydrogen) atoms. The zero-order chi connectivity index (χ0) is 31.7. The molecule has 0 atom stereocenters. The Kier molecular flexibility index (Phi) is 9.87. The number of fused-ring (bicyclic) bond motifs is 2. The van der Waals surface area contributed by atoms with E-state index in [2.05, 4.69) is 44.4 Å². The van der Waals surface area contributed by atoms with Crippen molar-refractivity contribution in [2.45, 2.75) is 32.7 Å². The Labute approximate surface area is 271 Å². The second kappa shape index (κ2) is 14.7. The van der Waals surface area contributed by atoms with Gasteiger partial charge in [-0.1, -0.05) is 24.3 Å². The average Bonchev–Trinajstić information content (AvgIpc) is 3.39. The Morgan fingerprint density at radius 3 is 2.70 bits per heavy atom. The Hall–Kier alpha value is -5.18. The van der Waals surface area contributed by atoms with Gasteiger partial charge in [-0.15, -0.1) is 0 Å². The van der Waals surface area contributed by atoms with Crippen molar-refractivity contribution in [2.24, 2.45) is 0 Å². The van der Waals surface area contributed by atoms with E-state index in [1.807, 2.05) is 72.5 Å². The van der Waals surface area contributed by atoms with Gasteiger partial charge in [0.1, 0.15) is 5.76 Å². The average molecular weight is 619 g/mol. The summed E-state index contributed by atoms with van der Waals surface area (Å²) in [4.78, 5) is 30.1. The molecule has 0 aliphatic carbocycles. The first-order valence-electron chi connectivity index (χ1n) is 16.1. The molecule has 6 rings (SSSR count). The fourth-order valence-corrected chi connectivity index (χ4v) is 5.97. The molecule has 3 aliphatic rings. The van der Waals surface area contributed by atoms with Crippen molar-refractivity contribution in [3.63, 3.8) is 0 Å². The van der Waals surface area contributed by atoms with Gasteiger partial charge in [0.2, 0.25) is 0 Å². The summed E-state index contributed by atoms with van der Waals surface area (Å²) in [5.41, 5.74) is 7.87. The third kappa shape index (κ3) is 7.72. The van der Waals surface area contributed by atoms with Crippen LogP contribution < -0.4 is 31.1 Å². The number of hydrogen-bond acceptors (Lipinski definition) is 7. The molecule has 0 aromatic heterocycles. The second-order valence-electron chi connectivity index (χ2n) is 11.8. The lowest BCUT2D eigenvalue weighted by molar-refractivity contribution is -0.124. The molecular formula is C37H42N6O3. The van der Waals surface area contributed by atoms with Crippen LogP contribution in [0.5, 0.6) is 0 Å². The lowest BCUT2D eigenvalue weighted by Crippen LogP contribution is -2.31. The van der Waals surface area contributed by atoms with Crippen molar-refractivity contribution in [3.05, 3.63) is 114 Å². The zero-order valence-corrected chi connectivity index (χ0v) is 26.4. The van der Waals surface area contributed by atoms with Crippen LogP contribution in [0, 0.1) is 6.92 Å². The quantitative estimate of drug-likeness (QED) is 0.213. The highest BCUT2D eigenvalue weighted by Gasteiger charge is 2.29. The van der Waals surface area contributed by atoms with E-state index >= 15 is 0 Å². The van der Waals surface area contributed by atoms with E-state index in [1.54, 1.807) is 12.3 Å². The van der Waals surface area contributed by atoms with Crippen molar-refractivity contribution in [1.82, 2.24) is 5.32 Å². The Morgan fingerprint density at radius 2 is 1.83 bits per heavy atom. The number of ether oxygens (including phenoxy) is 1. The van der Waals surface area contributed by atoms with Crippen LogP contribution in [0.3, 0.4) is 0 Å². The normalized spacial score (nSPS) is 18.5. The molecule has 2 amide bonds. The number of aryl methyl sites for hydroxylation is 1. The Bertz CT molecular complexity index is 1660. The molecule has 9 nitrogen and oxygen atoms in total. The van der Waals surface area contributed by atoms with Crippen LogP contribution in [0.15, 0.2) is 96.9 Å². The summed E-state index contributed by atoms with van der Waals surface area (Å²) in [6.07, 6.45) is 13.0. The van der Waals surface area contributed by atoms with Gasteiger partial charge in [0, 0.05) is 61.5 Å². The monoisotopic (exact) mass is 618 g/mol. The van der Waals surface area contributed by atoms with Gasteiger partial charge in [-0.05, 0) is 98.0 Å². The highest BCUT2D eigenvalue weighted by molar-refractivity contribution is 6.10. The molecule has 9 heteroatoms.